The highest BCUT2D eigenvalue weighted by Gasteiger charge is 2.28. The van der Waals surface area contributed by atoms with Crippen LogP contribution in [0.15, 0.2) is 24.3 Å². The van der Waals surface area contributed by atoms with Crippen molar-refractivity contribution in [2.75, 3.05) is 19.8 Å². The van der Waals surface area contributed by atoms with Gasteiger partial charge in [-0.1, -0.05) is 24.3 Å². The summed E-state index contributed by atoms with van der Waals surface area (Å²) in [5, 5.41) is 9.16. The van der Waals surface area contributed by atoms with Crippen molar-refractivity contribution in [3.8, 4) is 0 Å². The van der Waals surface area contributed by atoms with Crippen molar-refractivity contribution in [1.29, 1.82) is 0 Å². The van der Waals surface area contributed by atoms with Crippen LogP contribution in [0.2, 0.25) is 0 Å². The van der Waals surface area contributed by atoms with Crippen LogP contribution in [-0.4, -0.2) is 47.8 Å². The average Bonchev–Trinajstić information content (AvgIpc) is 2.46. The summed E-state index contributed by atoms with van der Waals surface area (Å²) in [5.74, 6) is 0.141. The third kappa shape index (κ3) is 3.58. The van der Waals surface area contributed by atoms with Crippen LogP contribution < -0.4 is 0 Å². The third-order valence-electron chi connectivity index (χ3n) is 3.90. The predicted octanol–water partition coefficient (Wildman–Crippen LogP) is 1.54. The van der Waals surface area contributed by atoms with Crippen LogP contribution in [0.3, 0.4) is 0 Å². The number of hydrogen-bond acceptors (Lipinski definition) is 3. The van der Waals surface area contributed by atoms with Gasteiger partial charge < -0.3 is 14.7 Å². The molecule has 1 aromatic carbocycles. The first-order valence-electron chi connectivity index (χ1n) is 7.18. The summed E-state index contributed by atoms with van der Waals surface area (Å²) in [6, 6.07) is 8.24. The van der Waals surface area contributed by atoms with Crippen LogP contribution in [-0.2, 0) is 16.0 Å². The average molecular weight is 277 g/mol. The van der Waals surface area contributed by atoms with Crippen molar-refractivity contribution in [2.24, 2.45) is 0 Å². The maximum Gasteiger partial charge on any atom is 0.223 e. The lowest BCUT2D eigenvalue weighted by molar-refractivity contribution is -0.146. The second-order valence-corrected chi connectivity index (χ2v) is 5.46. The smallest absolute Gasteiger partial charge is 0.223 e. The molecule has 1 heterocycles. The lowest BCUT2D eigenvalue weighted by atomic mass is 10.0. The van der Waals surface area contributed by atoms with Gasteiger partial charge in [-0.05, 0) is 31.4 Å². The van der Waals surface area contributed by atoms with Crippen molar-refractivity contribution in [3.05, 3.63) is 35.4 Å². The molecule has 1 aliphatic rings. The molecule has 1 amide bonds. The van der Waals surface area contributed by atoms with Gasteiger partial charge in [0.15, 0.2) is 0 Å². The molecule has 0 radical (unpaired) electrons. The monoisotopic (exact) mass is 277 g/mol. The minimum atomic E-state index is -0.242. The first kappa shape index (κ1) is 15.0. The molecule has 1 N–H and O–H groups in total. The molecule has 0 aromatic heterocycles. The van der Waals surface area contributed by atoms with Gasteiger partial charge in [0.25, 0.3) is 0 Å². The second-order valence-electron chi connectivity index (χ2n) is 5.46. The molecular formula is C16H23NO3. The fraction of sp³-hybridized carbons (Fsp3) is 0.562. The lowest BCUT2D eigenvalue weighted by Crippen LogP contribution is -2.52. The maximum absolute atomic E-state index is 12.3. The Bertz CT molecular complexity index is 461. The minimum absolute atomic E-state index is 0.0334. The van der Waals surface area contributed by atoms with Gasteiger partial charge in [0, 0.05) is 13.0 Å². The molecule has 2 rings (SSSR count). The normalized spacial score (nSPS) is 22.9. The van der Waals surface area contributed by atoms with Gasteiger partial charge >= 0.3 is 0 Å². The van der Waals surface area contributed by atoms with Crippen molar-refractivity contribution in [1.82, 2.24) is 4.90 Å². The van der Waals surface area contributed by atoms with E-state index in [0.29, 0.717) is 19.6 Å². The Morgan fingerprint density at radius 1 is 1.45 bits per heavy atom. The molecule has 2 unspecified atom stereocenters. The molecule has 0 saturated carbocycles. The van der Waals surface area contributed by atoms with Gasteiger partial charge in [0.05, 0.1) is 25.4 Å². The standard InChI is InChI=1S/C16H23NO3/c1-12-5-3-4-6-14(12)7-8-16(19)17-9-15(10-18)20-11-13(17)2/h3-6,13,15,18H,7-11H2,1-2H3. The number of carbonyl (C=O) groups is 1. The summed E-state index contributed by atoms with van der Waals surface area (Å²) in [6.45, 7) is 5.01. The summed E-state index contributed by atoms with van der Waals surface area (Å²) in [7, 11) is 0. The molecule has 1 saturated heterocycles. The van der Waals surface area contributed by atoms with Gasteiger partial charge in [-0.3, -0.25) is 4.79 Å². The Morgan fingerprint density at radius 2 is 2.20 bits per heavy atom. The van der Waals surface area contributed by atoms with Crippen LogP contribution in [0.1, 0.15) is 24.5 Å². The third-order valence-corrected chi connectivity index (χ3v) is 3.90. The number of aliphatic hydroxyl groups excluding tert-OH is 1. The number of nitrogens with zero attached hydrogens (tertiary/aromatic N) is 1. The van der Waals surface area contributed by atoms with E-state index >= 15 is 0 Å². The molecule has 1 aromatic rings. The highest BCUT2D eigenvalue weighted by atomic mass is 16.5. The highest BCUT2D eigenvalue weighted by molar-refractivity contribution is 5.77. The highest BCUT2D eigenvalue weighted by Crippen LogP contribution is 2.15. The van der Waals surface area contributed by atoms with Gasteiger partial charge in [0.2, 0.25) is 5.91 Å². The summed E-state index contributed by atoms with van der Waals surface area (Å²) in [6.07, 6.45) is 1.03. The molecule has 4 nitrogen and oxygen atoms in total. The van der Waals surface area contributed by atoms with Crippen LogP contribution >= 0.6 is 0 Å². The zero-order valence-corrected chi connectivity index (χ0v) is 12.2. The van der Waals surface area contributed by atoms with E-state index in [2.05, 4.69) is 19.1 Å². The lowest BCUT2D eigenvalue weighted by Gasteiger charge is -2.37. The van der Waals surface area contributed by atoms with Gasteiger partial charge in [-0.2, -0.15) is 0 Å². The Kier molecular flexibility index (Phi) is 5.15. The van der Waals surface area contributed by atoms with E-state index in [1.54, 1.807) is 0 Å². The SMILES string of the molecule is Cc1ccccc1CCC(=O)N1CC(CO)OCC1C. The molecular weight excluding hydrogens is 254 g/mol. The van der Waals surface area contributed by atoms with Crippen molar-refractivity contribution < 1.29 is 14.6 Å². The Balaban J connectivity index is 1.92. The van der Waals surface area contributed by atoms with Crippen molar-refractivity contribution in [2.45, 2.75) is 38.8 Å². The number of morpholine rings is 1. The Morgan fingerprint density at radius 3 is 2.90 bits per heavy atom. The zero-order valence-electron chi connectivity index (χ0n) is 12.2. The van der Waals surface area contributed by atoms with Gasteiger partial charge in [0.1, 0.15) is 0 Å². The predicted molar refractivity (Wildman–Crippen MR) is 77.5 cm³/mol. The van der Waals surface area contributed by atoms with Crippen LogP contribution in [0.4, 0.5) is 0 Å². The molecule has 0 spiro atoms. The number of hydrogen-bond donors (Lipinski definition) is 1. The van der Waals surface area contributed by atoms with Crippen LogP contribution in [0.25, 0.3) is 0 Å². The van der Waals surface area contributed by atoms with E-state index in [1.165, 1.54) is 11.1 Å². The van der Waals surface area contributed by atoms with Crippen molar-refractivity contribution >= 4 is 5.91 Å². The number of ether oxygens (including phenoxy) is 1. The fourth-order valence-electron chi connectivity index (χ4n) is 2.55. The number of aryl methyl sites for hydroxylation is 2. The first-order valence-corrected chi connectivity index (χ1v) is 7.18. The summed E-state index contributed by atoms with van der Waals surface area (Å²) in [5.41, 5.74) is 2.45. The zero-order chi connectivity index (χ0) is 14.5. The molecule has 0 aliphatic carbocycles. The van der Waals surface area contributed by atoms with E-state index in [1.807, 2.05) is 24.0 Å². The molecule has 1 aliphatic heterocycles. The molecule has 20 heavy (non-hydrogen) atoms. The number of aliphatic hydroxyl groups is 1. The Labute approximate surface area is 120 Å². The first-order chi connectivity index (χ1) is 9.61. The number of benzene rings is 1. The number of amides is 1. The molecule has 110 valence electrons. The summed E-state index contributed by atoms with van der Waals surface area (Å²) < 4.78 is 5.46. The van der Waals surface area contributed by atoms with Gasteiger partial charge in [-0.15, -0.1) is 0 Å². The van der Waals surface area contributed by atoms with Crippen LogP contribution in [0.5, 0.6) is 0 Å². The van der Waals surface area contributed by atoms with E-state index in [4.69, 9.17) is 9.84 Å². The molecule has 4 heteroatoms. The number of rotatable bonds is 4. The summed E-state index contributed by atoms with van der Waals surface area (Å²) in [4.78, 5) is 14.2. The second kappa shape index (κ2) is 6.86. The summed E-state index contributed by atoms with van der Waals surface area (Å²) >= 11 is 0. The maximum atomic E-state index is 12.3. The van der Waals surface area contributed by atoms with Crippen LogP contribution in [0, 0.1) is 6.92 Å². The fourth-order valence-corrected chi connectivity index (χ4v) is 2.55. The van der Waals surface area contributed by atoms with Gasteiger partial charge in [-0.25, -0.2) is 0 Å². The molecule has 2 atom stereocenters. The van der Waals surface area contributed by atoms with E-state index < -0.39 is 0 Å². The molecule has 0 bridgehead atoms. The van der Waals surface area contributed by atoms with E-state index in [9.17, 15) is 4.79 Å². The quantitative estimate of drug-likeness (QED) is 0.908. The minimum Gasteiger partial charge on any atom is -0.394 e. The van der Waals surface area contributed by atoms with Crippen molar-refractivity contribution in [3.63, 3.8) is 0 Å². The topological polar surface area (TPSA) is 49.8 Å². The number of carbonyl (C=O) groups excluding carboxylic acids is 1. The molecule has 1 fully saturated rings. The Hall–Kier alpha value is -1.39. The van der Waals surface area contributed by atoms with E-state index in [0.717, 1.165) is 6.42 Å². The largest absolute Gasteiger partial charge is 0.394 e. The van der Waals surface area contributed by atoms with E-state index in [-0.39, 0.29) is 24.7 Å².